The summed E-state index contributed by atoms with van der Waals surface area (Å²) in [6.07, 6.45) is 0. The fraction of sp³-hybridized carbons (Fsp3) is 0.350. The maximum atomic E-state index is 12.8. The average Bonchev–Trinajstić information content (AvgIpc) is 2.66. The molecule has 1 aliphatic rings. The molecule has 7 heteroatoms. The van der Waals surface area contributed by atoms with Crippen molar-refractivity contribution in [2.75, 3.05) is 38.5 Å². The first-order chi connectivity index (χ1) is 12.8. The first-order valence-electron chi connectivity index (χ1n) is 9.08. The van der Waals surface area contributed by atoms with Crippen molar-refractivity contribution in [2.24, 2.45) is 0 Å². The molecule has 0 unspecified atom stereocenters. The van der Waals surface area contributed by atoms with E-state index in [0.29, 0.717) is 18.7 Å². The summed E-state index contributed by atoms with van der Waals surface area (Å²) in [5.74, 6) is -0.254. The fourth-order valence-electron chi connectivity index (χ4n) is 3.12. The lowest BCUT2D eigenvalue weighted by atomic mass is 10.1. The van der Waals surface area contributed by atoms with Crippen molar-refractivity contribution in [2.45, 2.75) is 18.7 Å². The van der Waals surface area contributed by atoms with Crippen molar-refractivity contribution in [1.82, 2.24) is 4.31 Å². The van der Waals surface area contributed by atoms with Crippen LogP contribution >= 0.6 is 0 Å². The Balaban J connectivity index is 1.74. The van der Waals surface area contributed by atoms with Crippen LogP contribution in [-0.2, 0) is 10.0 Å². The number of nitrogens with one attached hydrogen (secondary N) is 2. The standard InChI is InChI=1S/C20H25N3O3S/c1-15-5-4-6-19(16(15)2)21-20(24)17-7-9-18(10-8-17)27(25,26)23-13-11-22(3)12-14-23/h4-10H,11-14H2,1-3H3,(H,21,24)/p+1. The first-order valence-corrected chi connectivity index (χ1v) is 10.5. The van der Waals surface area contributed by atoms with Gasteiger partial charge in [0.2, 0.25) is 10.0 Å². The number of aryl methyl sites for hydroxylation is 1. The molecule has 0 atom stereocenters. The van der Waals surface area contributed by atoms with E-state index in [1.54, 1.807) is 12.1 Å². The van der Waals surface area contributed by atoms with Gasteiger partial charge in [-0.05, 0) is 55.3 Å². The van der Waals surface area contributed by atoms with Gasteiger partial charge in [0.05, 0.1) is 38.1 Å². The number of hydrogen-bond acceptors (Lipinski definition) is 3. The van der Waals surface area contributed by atoms with Crippen molar-refractivity contribution in [3.05, 3.63) is 59.2 Å². The van der Waals surface area contributed by atoms with E-state index < -0.39 is 10.0 Å². The lowest BCUT2D eigenvalue weighted by Crippen LogP contribution is -3.12. The number of piperazine rings is 1. The number of anilines is 1. The van der Waals surface area contributed by atoms with Crippen LogP contribution in [0.4, 0.5) is 5.69 Å². The van der Waals surface area contributed by atoms with E-state index in [4.69, 9.17) is 0 Å². The van der Waals surface area contributed by atoms with Gasteiger partial charge < -0.3 is 10.2 Å². The van der Waals surface area contributed by atoms with Crippen LogP contribution < -0.4 is 10.2 Å². The number of sulfonamides is 1. The SMILES string of the molecule is Cc1cccc(NC(=O)c2ccc(S(=O)(=O)N3CC[NH+](C)CC3)cc2)c1C. The van der Waals surface area contributed by atoms with Crippen LogP contribution in [0.25, 0.3) is 0 Å². The fourth-order valence-corrected chi connectivity index (χ4v) is 4.56. The minimum Gasteiger partial charge on any atom is -0.335 e. The highest BCUT2D eigenvalue weighted by molar-refractivity contribution is 7.89. The second-order valence-electron chi connectivity index (χ2n) is 7.09. The molecule has 1 aliphatic heterocycles. The molecule has 0 aromatic heterocycles. The predicted molar refractivity (Wildman–Crippen MR) is 106 cm³/mol. The Labute approximate surface area is 160 Å². The zero-order valence-corrected chi connectivity index (χ0v) is 16.8. The molecule has 0 bridgehead atoms. The van der Waals surface area contributed by atoms with Gasteiger partial charge in [-0.25, -0.2) is 8.42 Å². The molecule has 1 fully saturated rings. The molecule has 2 aromatic carbocycles. The van der Waals surface area contributed by atoms with E-state index in [1.807, 2.05) is 32.0 Å². The van der Waals surface area contributed by atoms with Crippen LogP contribution in [0.2, 0.25) is 0 Å². The molecule has 6 nitrogen and oxygen atoms in total. The molecule has 0 saturated carbocycles. The van der Waals surface area contributed by atoms with Crippen LogP contribution in [0.5, 0.6) is 0 Å². The normalized spacial score (nSPS) is 16.3. The summed E-state index contributed by atoms with van der Waals surface area (Å²) >= 11 is 0. The van der Waals surface area contributed by atoms with Gasteiger partial charge in [0.25, 0.3) is 5.91 Å². The zero-order valence-electron chi connectivity index (χ0n) is 16.0. The maximum Gasteiger partial charge on any atom is 0.255 e. The summed E-state index contributed by atoms with van der Waals surface area (Å²) in [6, 6.07) is 11.9. The minimum absolute atomic E-state index is 0.227. The number of nitrogens with zero attached hydrogens (tertiary/aromatic N) is 1. The van der Waals surface area contributed by atoms with Gasteiger partial charge in [-0.15, -0.1) is 0 Å². The van der Waals surface area contributed by atoms with Gasteiger partial charge in [-0.3, -0.25) is 4.79 Å². The van der Waals surface area contributed by atoms with Gasteiger partial charge in [-0.2, -0.15) is 4.31 Å². The molecular weight excluding hydrogens is 362 g/mol. The van der Waals surface area contributed by atoms with Crippen molar-refractivity contribution >= 4 is 21.6 Å². The van der Waals surface area contributed by atoms with Gasteiger partial charge >= 0.3 is 0 Å². The van der Waals surface area contributed by atoms with E-state index >= 15 is 0 Å². The van der Waals surface area contributed by atoms with E-state index in [0.717, 1.165) is 29.9 Å². The summed E-state index contributed by atoms with van der Waals surface area (Å²) in [6.45, 7) is 6.58. The first kappa shape index (κ1) is 19.5. The molecule has 1 heterocycles. The summed E-state index contributed by atoms with van der Waals surface area (Å²) < 4.78 is 27.0. The van der Waals surface area contributed by atoms with Crippen LogP contribution in [0.3, 0.4) is 0 Å². The van der Waals surface area contributed by atoms with Crippen LogP contribution in [0.15, 0.2) is 47.4 Å². The molecule has 144 valence electrons. The number of benzene rings is 2. The summed E-state index contributed by atoms with van der Waals surface area (Å²) in [4.78, 5) is 14.1. The maximum absolute atomic E-state index is 12.8. The topological polar surface area (TPSA) is 70.9 Å². The molecule has 3 rings (SSSR count). The largest absolute Gasteiger partial charge is 0.335 e. The Morgan fingerprint density at radius 3 is 2.30 bits per heavy atom. The minimum atomic E-state index is -3.51. The Hall–Kier alpha value is -2.22. The van der Waals surface area contributed by atoms with E-state index in [9.17, 15) is 13.2 Å². The van der Waals surface area contributed by atoms with Crippen LogP contribution in [0, 0.1) is 13.8 Å². The van der Waals surface area contributed by atoms with E-state index in [1.165, 1.54) is 21.3 Å². The average molecular weight is 389 g/mol. The summed E-state index contributed by atoms with van der Waals surface area (Å²) in [7, 11) is -1.45. The third-order valence-electron chi connectivity index (χ3n) is 5.18. The van der Waals surface area contributed by atoms with Crippen molar-refractivity contribution in [3.8, 4) is 0 Å². The number of carbonyl (C=O) groups excluding carboxylic acids is 1. The molecule has 1 saturated heterocycles. The van der Waals surface area contributed by atoms with E-state index in [-0.39, 0.29) is 10.8 Å². The van der Waals surface area contributed by atoms with Crippen LogP contribution in [0.1, 0.15) is 21.5 Å². The molecular formula is C20H26N3O3S+. The highest BCUT2D eigenvalue weighted by Crippen LogP contribution is 2.20. The highest BCUT2D eigenvalue weighted by atomic mass is 32.2. The second kappa shape index (κ2) is 7.80. The summed E-state index contributed by atoms with van der Waals surface area (Å²) in [5.41, 5.74) is 3.31. The Bertz CT molecular complexity index is 931. The van der Waals surface area contributed by atoms with Crippen molar-refractivity contribution in [3.63, 3.8) is 0 Å². The zero-order chi connectivity index (χ0) is 19.6. The van der Waals surface area contributed by atoms with Gasteiger partial charge in [0, 0.05) is 11.3 Å². The molecule has 2 N–H and O–H groups in total. The third-order valence-corrected chi connectivity index (χ3v) is 7.10. The number of likely N-dealkylation sites (N-methyl/N-ethyl adjacent to an activating group) is 1. The Morgan fingerprint density at radius 2 is 1.67 bits per heavy atom. The van der Waals surface area contributed by atoms with Crippen molar-refractivity contribution < 1.29 is 18.1 Å². The number of rotatable bonds is 4. The smallest absolute Gasteiger partial charge is 0.255 e. The number of amides is 1. The van der Waals surface area contributed by atoms with E-state index in [2.05, 4.69) is 12.4 Å². The Kier molecular flexibility index (Phi) is 5.64. The monoisotopic (exact) mass is 388 g/mol. The molecule has 0 spiro atoms. The Morgan fingerprint density at radius 1 is 1.04 bits per heavy atom. The quantitative estimate of drug-likeness (QED) is 0.823. The second-order valence-corrected chi connectivity index (χ2v) is 9.03. The summed E-state index contributed by atoms with van der Waals surface area (Å²) in [5, 5.41) is 2.89. The van der Waals surface area contributed by atoms with Gasteiger partial charge in [-0.1, -0.05) is 12.1 Å². The van der Waals surface area contributed by atoms with Gasteiger partial charge in [0.1, 0.15) is 0 Å². The highest BCUT2D eigenvalue weighted by Gasteiger charge is 2.29. The van der Waals surface area contributed by atoms with Gasteiger partial charge in [0.15, 0.2) is 0 Å². The molecule has 27 heavy (non-hydrogen) atoms. The predicted octanol–water partition coefficient (Wildman–Crippen LogP) is 1.07. The number of carbonyl (C=O) groups is 1. The molecule has 0 radical (unpaired) electrons. The van der Waals surface area contributed by atoms with Crippen molar-refractivity contribution in [1.29, 1.82) is 0 Å². The van der Waals surface area contributed by atoms with Crippen LogP contribution in [-0.4, -0.2) is 51.9 Å². The number of quaternary nitrogens is 1. The third kappa shape index (κ3) is 4.21. The molecule has 2 aromatic rings. The lowest BCUT2D eigenvalue weighted by molar-refractivity contribution is -0.883. The molecule has 1 amide bonds. The molecule has 0 aliphatic carbocycles. The number of hydrogen-bond donors (Lipinski definition) is 2. The lowest BCUT2D eigenvalue weighted by Gasteiger charge is -2.29.